The summed E-state index contributed by atoms with van der Waals surface area (Å²) in [7, 11) is 1.93. The zero-order chi connectivity index (χ0) is 24.8. The Labute approximate surface area is 215 Å². The Morgan fingerprint density at radius 2 is 1.54 bits per heavy atom. The van der Waals surface area contributed by atoms with Crippen LogP contribution in [0.5, 0.6) is 0 Å². The van der Waals surface area contributed by atoms with Crippen LogP contribution in [0.3, 0.4) is 0 Å². The van der Waals surface area contributed by atoms with Crippen molar-refractivity contribution in [3.05, 3.63) is 84.7 Å². The van der Waals surface area contributed by atoms with Crippen molar-refractivity contribution in [2.24, 2.45) is 7.05 Å². The van der Waals surface area contributed by atoms with Crippen LogP contribution in [0.2, 0.25) is 0 Å². The van der Waals surface area contributed by atoms with Gasteiger partial charge in [-0.15, -0.1) is 0 Å². The van der Waals surface area contributed by atoms with Gasteiger partial charge in [0.1, 0.15) is 0 Å². The molecular weight excluding hydrogens is 462 g/mol. The zero-order valence-corrected chi connectivity index (χ0v) is 20.9. The van der Waals surface area contributed by atoms with Gasteiger partial charge in [0.15, 0.2) is 0 Å². The van der Waals surface area contributed by atoms with Crippen LogP contribution >= 0.6 is 0 Å². The summed E-state index contributed by atoms with van der Waals surface area (Å²) in [6.07, 6.45) is 13.0. The van der Waals surface area contributed by atoms with E-state index in [1.54, 1.807) is 0 Å². The average Bonchev–Trinajstić information content (AvgIpc) is 3.68. The minimum Gasteiger partial charge on any atom is -0.367 e. The molecule has 4 aromatic heterocycles. The van der Waals surface area contributed by atoms with Crippen molar-refractivity contribution < 1.29 is 0 Å². The summed E-state index contributed by atoms with van der Waals surface area (Å²) in [5, 5.41) is 8.92. The summed E-state index contributed by atoms with van der Waals surface area (Å²) in [6.45, 7) is 5.47. The first kappa shape index (κ1) is 21.8. The topological polar surface area (TPSA) is 70.6 Å². The predicted octanol–water partition coefficient (Wildman–Crippen LogP) is 3.41. The van der Waals surface area contributed by atoms with E-state index in [9.17, 15) is 0 Å². The molecule has 1 aromatic carbocycles. The molecule has 6 heterocycles. The van der Waals surface area contributed by atoms with Gasteiger partial charge in [0, 0.05) is 93.5 Å². The van der Waals surface area contributed by atoms with Gasteiger partial charge in [-0.2, -0.15) is 10.2 Å². The van der Waals surface area contributed by atoms with E-state index >= 15 is 0 Å². The van der Waals surface area contributed by atoms with Crippen molar-refractivity contribution in [3.8, 4) is 11.1 Å². The van der Waals surface area contributed by atoms with Crippen LogP contribution in [0.4, 0.5) is 17.3 Å². The Morgan fingerprint density at radius 1 is 0.730 bits per heavy atom. The number of anilines is 3. The molecule has 0 unspecified atom stereocenters. The summed E-state index contributed by atoms with van der Waals surface area (Å²) >= 11 is 0. The predicted molar refractivity (Wildman–Crippen MR) is 145 cm³/mol. The second kappa shape index (κ2) is 8.92. The van der Waals surface area contributed by atoms with Gasteiger partial charge < -0.3 is 14.7 Å². The maximum Gasteiger partial charge on any atom is 0.225 e. The number of para-hydroxylation sites is 1. The maximum absolute atomic E-state index is 4.72. The van der Waals surface area contributed by atoms with Gasteiger partial charge in [-0.25, -0.2) is 14.5 Å². The number of benzene rings is 1. The standard InChI is InChI=1S/C28H29N9/c1-33-19-24(16-31-33)23-6-7-26-27(17-32-37(26)20-23)34-10-12-35(13-11-34)28-29-14-21(15-30-28)18-36-9-8-22-4-2-3-5-25(22)36/h2-7,14-17,19-20H,8-13,18H2,1H3. The highest BCUT2D eigenvalue weighted by Gasteiger charge is 2.22. The Hall–Kier alpha value is -4.40. The monoisotopic (exact) mass is 491 g/mol. The molecule has 0 atom stereocenters. The lowest BCUT2D eigenvalue weighted by atomic mass is 10.1. The molecule has 9 heteroatoms. The van der Waals surface area contributed by atoms with E-state index in [2.05, 4.69) is 67.5 Å². The minimum atomic E-state index is 0.811. The number of nitrogens with zero attached hydrogens (tertiary/aromatic N) is 9. The van der Waals surface area contributed by atoms with Gasteiger partial charge in [0.05, 0.1) is 23.6 Å². The van der Waals surface area contributed by atoms with E-state index in [1.807, 2.05) is 47.2 Å². The molecule has 0 spiro atoms. The van der Waals surface area contributed by atoms with E-state index in [-0.39, 0.29) is 0 Å². The molecule has 0 N–H and O–H groups in total. The molecule has 2 aliphatic rings. The first-order valence-electron chi connectivity index (χ1n) is 12.8. The molecule has 1 fully saturated rings. The molecule has 9 nitrogen and oxygen atoms in total. The molecule has 5 aromatic rings. The van der Waals surface area contributed by atoms with Crippen molar-refractivity contribution in [3.63, 3.8) is 0 Å². The van der Waals surface area contributed by atoms with Crippen LogP contribution < -0.4 is 14.7 Å². The number of rotatable bonds is 5. The molecule has 0 aliphatic carbocycles. The van der Waals surface area contributed by atoms with Crippen LogP contribution in [-0.2, 0) is 20.0 Å². The number of fused-ring (bicyclic) bond motifs is 2. The van der Waals surface area contributed by atoms with Crippen molar-refractivity contribution in [1.82, 2.24) is 29.4 Å². The maximum atomic E-state index is 4.72. The fourth-order valence-electron chi connectivity index (χ4n) is 5.49. The Bertz CT molecular complexity index is 1540. The van der Waals surface area contributed by atoms with Gasteiger partial charge in [0.25, 0.3) is 0 Å². The van der Waals surface area contributed by atoms with Gasteiger partial charge >= 0.3 is 0 Å². The lowest BCUT2D eigenvalue weighted by Crippen LogP contribution is -2.47. The SMILES string of the molecule is Cn1cc(-c2ccc3c(N4CCN(c5ncc(CN6CCc7ccccc76)cn5)CC4)cnn3c2)cn1. The normalized spacial score (nSPS) is 15.5. The van der Waals surface area contributed by atoms with Crippen LogP contribution in [-0.4, -0.2) is 62.1 Å². The number of hydrogen-bond donors (Lipinski definition) is 0. The Morgan fingerprint density at radius 3 is 2.35 bits per heavy atom. The zero-order valence-electron chi connectivity index (χ0n) is 20.9. The third-order valence-corrected chi connectivity index (χ3v) is 7.49. The summed E-state index contributed by atoms with van der Waals surface area (Å²) in [4.78, 5) is 16.5. The largest absolute Gasteiger partial charge is 0.367 e. The summed E-state index contributed by atoms with van der Waals surface area (Å²) in [5.41, 5.74) is 8.39. The molecule has 37 heavy (non-hydrogen) atoms. The summed E-state index contributed by atoms with van der Waals surface area (Å²) in [6, 6.07) is 13.0. The molecule has 0 saturated carbocycles. The average molecular weight is 492 g/mol. The summed E-state index contributed by atoms with van der Waals surface area (Å²) in [5.74, 6) is 0.811. The lowest BCUT2D eigenvalue weighted by molar-refractivity contribution is 0.640. The van der Waals surface area contributed by atoms with Gasteiger partial charge in [-0.1, -0.05) is 24.3 Å². The lowest BCUT2D eigenvalue weighted by Gasteiger charge is -2.35. The first-order valence-corrected chi connectivity index (χ1v) is 12.8. The Kier molecular flexibility index (Phi) is 5.27. The van der Waals surface area contributed by atoms with Crippen LogP contribution in [0.1, 0.15) is 11.1 Å². The van der Waals surface area contributed by atoms with Crippen molar-refractivity contribution in [1.29, 1.82) is 0 Å². The van der Waals surface area contributed by atoms with Crippen molar-refractivity contribution in [2.75, 3.05) is 47.4 Å². The Balaban J connectivity index is 1.00. The van der Waals surface area contributed by atoms with Crippen LogP contribution in [0, 0.1) is 0 Å². The van der Waals surface area contributed by atoms with E-state index in [4.69, 9.17) is 9.97 Å². The fraction of sp³-hybridized carbons (Fsp3) is 0.286. The molecule has 0 amide bonds. The molecule has 7 rings (SSSR count). The number of hydrogen-bond acceptors (Lipinski definition) is 7. The highest BCUT2D eigenvalue weighted by Crippen LogP contribution is 2.29. The molecule has 1 saturated heterocycles. The highest BCUT2D eigenvalue weighted by molar-refractivity contribution is 5.75. The molecule has 2 aliphatic heterocycles. The second-order valence-corrected chi connectivity index (χ2v) is 9.85. The molecule has 186 valence electrons. The van der Waals surface area contributed by atoms with Crippen molar-refractivity contribution in [2.45, 2.75) is 13.0 Å². The third kappa shape index (κ3) is 4.06. The number of aryl methyl sites for hydroxylation is 1. The van der Waals surface area contributed by atoms with Gasteiger partial charge in [-0.05, 0) is 24.1 Å². The minimum absolute atomic E-state index is 0.811. The van der Waals surface area contributed by atoms with E-state index in [0.717, 1.165) is 73.8 Å². The highest BCUT2D eigenvalue weighted by atomic mass is 15.3. The van der Waals surface area contributed by atoms with Crippen LogP contribution in [0.15, 0.2) is 73.6 Å². The smallest absolute Gasteiger partial charge is 0.225 e. The third-order valence-electron chi connectivity index (χ3n) is 7.49. The van der Waals surface area contributed by atoms with Crippen LogP contribution in [0.25, 0.3) is 16.6 Å². The second-order valence-electron chi connectivity index (χ2n) is 9.85. The fourth-order valence-corrected chi connectivity index (χ4v) is 5.49. The number of pyridine rings is 1. The van der Waals surface area contributed by atoms with Gasteiger partial charge in [0.2, 0.25) is 5.95 Å². The molecule has 0 radical (unpaired) electrons. The van der Waals surface area contributed by atoms with Gasteiger partial charge in [-0.3, -0.25) is 4.68 Å². The number of piperazine rings is 1. The van der Waals surface area contributed by atoms with E-state index < -0.39 is 0 Å². The quantitative estimate of drug-likeness (QED) is 0.373. The summed E-state index contributed by atoms with van der Waals surface area (Å²) < 4.78 is 3.78. The molecule has 0 bridgehead atoms. The van der Waals surface area contributed by atoms with E-state index in [0.29, 0.717) is 0 Å². The molecular formula is C28H29N9. The van der Waals surface area contributed by atoms with E-state index in [1.165, 1.54) is 16.9 Å². The first-order chi connectivity index (χ1) is 18.2. The van der Waals surface area contributed by atoms with Crippen molar-refractivity contribution >= 4 is 22.8 Å². The number of aromatic nitrogens is 6.